The van der Waals surface area contributed by atoms with Crippen LogP contribution in [0.2, 0.25) is 0 Å². The summed E-state index contributed by atoms with van der Waals surface area (Å²) in [5, 5.41) is 4.67. The lowest BCUT2D eigenvalue weighted by atomic mass is 9.95. The number of aryl methyl sites for hydroxylation is 3. The Balaban J connectivity index is 2.51. The van der Waals surface area contributed by atoms with E-state index in [9.17, 15) is 4.79 Å². The van der Waals surface area contributed by atoms with Crippen LogP contribution in [0.25, 0.3) is 0 Å². The molecule has 2 aromatic rings. The van der Waals surface area contributed by atoms with E-state index in [0.29, 0.717) is 12.0 Å². The maximum atomic E-state index is 12.1. The van der Waals surface area contributed by atoms with Crippen LogP contribution in [0.4, 0.5) is 0 Å². The average Bonchev–Trinajstić information content (AvgIpc) is 2.86. The highest BCUT2D eigenvalue weighted by Crippen LogP contribution is 2.23. The van der Waals surface area contributed by atoms with Gasteiger partial charge in [0, 0.05) is 12.6 Å². The van der Waals surface area contributed by atoms with Gasteiger partial charge in [0.15, 0.2) is 0 Å². The number of benzene rings is 1. The van der Waals surface area contributed by atoms with Crippen LogP contribution in [0.1, 0.15) is 59.1 Å². The smallest absolute Gasteiger partial charge is 0.341 e. The molecule has 0 radical (unpaired) electrons. The quantitative estimate of drug-likeness (QED) is 0.806. The van der Waals surface area contributed by atoms with Crippen molar-refractivity contribution in [3.05, 3.63) is 51.8 Å². The van der Waals surface area contributed by atoms with Crippen molar-refractivity contribution < 1.29 is 9.53 Å². The Bertz CT molecular complexity index is 713. The Hall–Kier alpha value is -2.10. The van der Waals surface area contributed by atoms with Crippen molar-refractivity contribution in [2.24, 2.45) is 0 Å². The van der Waals surface area contributed by atoms with Crippen LogP contribution in [0, 0.1) is 20.8 Å². The summed E-state index contributed by atoms with van der Waals surface area (Å²) >= 11 is 0. The Labute approximate surface area is 138 Å². The predicted molar refractivity (Wildman–Crippen MR) is 92.0 cm³/mol. The molecule has 4 heteroatoms. The molecule has 0 fully saturated rings. The van der Waals surface area contributed by atoms with Crippen molar-refractivity contribution in [1.29, 1.82) is 0 Å². The molecule has 1 aromatic heterocycles. The van der Waals surface area contributed by atoms with E-state index in [2.05, 4.69) is 58.8 Å². The van der Waals surface area contributed by atoms with E-state index in [-0.39, 0.29) is 11.5 Å². The highest BCUT2D eigenvalue weighted by atomic mass is 16.5. The second kappa shape index (κ2) is 6.19. The van der Waals surface area contributed by atoms with Crippen LogP contribution in [0.15, 0.2) is 18.3 Å². The first-order valence-corrected chi connectivity index (χ1v) is 7.87. The van der Waals surface area contributed by atoms with Gasteiger partial charge in [0.2, 0.25) is 0 Å². The zero-order chi connectivity index (χ0) is 17.4. The zero-order valence-electron chi connectivity index (χ0n) is 15.2. The molecular weight excluding hydrogens is 288 g/mol. The van der Waals surface area contributed by atoms with Gasteiger partial charge in [-0.2, -0.15) is 5.10 Å². The maximum Gasteiger partial charge on any atom is 0.341 e. The Morgan fingerprint density at radius 1 is 1.17 bits per heavy atom. The molecule has 0 aliphatic rings. The summed E-state index contributed by atoms with van der Waals surface area (Å²) in [4.78, 5) is 12.1. The second-order valence-corrected chi connectivity index (χ2v) is 7.15. The van der Waals surface area contributed by atoms with Gasteiger partial charge in [-0.3, -0.25) is 4.68 Å². The molecule has 0 amide bonds. The molecule has 2 rings (SSSR count). The largest absolute Gasteiger partial charge is 0.465 e. The molecule has 0 N–H and O–H groups in total. The van der Waals surface area contributed by atoms with Gasteiger partial charge in [-0.15, -0.1) is 0 Å². The lowest BCUT2D eigenvalue weighted by Gasteiger charge is -2.19. The third-order valence-electron chi connectivity index (χ3n) is 4.07. The normalized spacial score (nSPS) is 11.6. The summed E-state index contributed by atoms with van der Waals surface area (Å²) < 4.78 is 6.77. The highest BCUT2D eigenvalue weighted by Gasteiger charge is 2.23. The van der Waals surface area contributed by atoms with E-state index in [1.165, 1.54) is 29.4 Å². The number of hydrogen-bond donors (Lipinski definition) is 0. The predicted octanol–water partition coefficient (Wildman–Crippen LogP) is 3.94. The Morgan fingerprint density at radius 2 is 1.74 bits per heavy atom. The Kier molecular flexibility index (Phi) is 4.64. The van der Waals surface area contributed by atoms with Crippen molar-refractivity contribution in [2.75, 3.05) is 7.11 Å². The number of hydrogen-bond acceptors (Lipinski definition) is 3. The molecule has 0 aliphatic carbocycles. The molecule has 0 saturated heterocycles. The number of carbonyl (C=O) groups excluding carboxylic acids is 1. The van der Waals surface area contributed by atoms with Crippen LogP contribution < -0.4 is 0 Å². The van der Waals surface area contributed by atoms with Gasteiger partial charge in [-0.1, -0.05) is 17.7 Å². The zero-order valence-corrected chi connectivity index (χ0v) is 15.2. The lowest BCUT2D eigenvalue weighted by Crippen LogP contribution is -2.22. The van der Waals surface area contributed by atoms with Crippen LogP contribution in [0.5, 0.6) is 0 Å². The van der Waals surface area contributed by atoms with Crippen LogP contribution >= 0.6 is 0 Å². The number of methoxy groups -OCH3 is 1. The van der Waals surface area contributed by atoms with Gasteiger partial charge in [-0.25, -0.2) is 4.79 Å². The summed E-state index contributed by atoms with van der Waals surface area (Å²) in [6, 6.07) is 4.34. The minimum atomic E-state index is -0.335. The fraction of sp³-hybridized carbons (Fsp3) is 0.474. The topological polar surface area (TPSA) is 44.1 Å². The number of carbonyl (C=O) groups is 1. The SMILES string of the molecule is COC(=O)c1cn(C(C)(C)C)nc1Cc1c(C)cc(C)cc1C. The molecule has 1 aromatic carbocycles. The summed E-state index contributed by atoms with van der Waals surface area (Å²) in [6.45, 7) is 12.5. The monoisotopic (exact) mass is 314 g/mol. The van der Waals surface area contributed by atoms with Crippen LogP contribution in [0.3, 0.4) is 0 Å². The van der Waals surface area contributed by atoms with Gasteiger partial charge >= 0.3 is 5.97 Å². The molecule has 23 heavy (non-hydrogen) atoms. The van der Waals surface area contributed by atoms with Gasteiger partial charge < -0.3 is 4.74 Å². The van der Waals surface area contributed by atoms with E-state index in [0.717, 1.165) is 5.69 Å². The molecule has 0 atom stereocenters. The number of ether oxygens (including phenoxy) is 1. The summed E-state index contributed by atoms with van der Waals surface area (Å²) in [5.41, 5.74) is 6.05. The molecule has 1 heterocycles. The maximum absolute atomic E-state index is 12.1. The highest BCUT2D eigenvalue weighted by molar-refractivity contribution is 5.90. The third kappa shape index (κ3) is 3.63. The van der Waals surface area contributed by atoms with Crippen molar-refractivity contribution >= 4 is 5.97 Å². The fourth-order valence-corrected chi connectivity index (χ4v) is 2.82. The fourth-order valence-electron chi connectivity index (χ4n) is 2.82. The van der Waals surface area contributed by atoms with E-state index in [1.54, 1.807) is 6.20 Å². The average molecular weight is 314 g/mol. The number of aromatic nitrogens is 2. The molecule has 0 unspecified atom stereocenters. The van der Waals surface area contributed by atoms with Crippen molar-refractivity contribution in [1.82, 2.24) is 9.78 Å². The summed E-state index contributed by atoms with van der Waals surface area (Å²) in [5.74, 6) is -0.335. The first kappa shape index (κ1) is 17.3. The van der Waals surface area contributed by atoms with E-state index in [4.69, 9.17) is 4.74 Å². The van der Waals surface area contributed by atoms with Gasteiger partial charge in [0.05, 0.1) is 18.3 Å². The minimum absolute atomic E-state index is 0.182. The molecule has 0 bridgehead atoms. The molecule has 0 spiro atoms. The molecule has 0 aliphatic heterocycles. The summed E-state index contributed by atoms with van der Waals surface area (Å²) in [6.07, 6.45) is 2.42. The van der Waals surface area contributed by atoms with E-state index < -0.39 is 0 Å². The molecule has 0 saturated carbocycles. The van der Waals surface area contributed by atoms with Gasteiger partial charge in [0.25, 0.3) is 0 Å². The van der Waals surface area contributed by atoms with Crippen molar-refractivity contribution in [3.63, 3.8) is 0 Å². The first-order chi connectivity index (χ1) is 10.6. The molecular formula is C19H26N2O2. The Morgan fingerprint density at radius 3 is 2.22 bits per heavy atom. The second-order valence-electron chi connectivity index (χ2n) is 7.15. The van der Waals surface area contributed by atoms with E-state index in [1.807, 2.05) is 4.68 Å². The third-order valence-corrected chi connectivity index (χ3v) is 4.07. The molecule has 124 valence electrons. The number of nitrogens with zero attached hydrogens (tertiary/aromatic N) is 2. The molecule has 4 nitrogen and oxygen atoms in total. The first-order valence-electron chi connectivity index (χ1n) is 7.87. The van der Waals surface area contributed by atoms with Gasteiger partial charge in [0.1, 0.15) is 5.56 Å². The van der Waals surface area contributed by atoms with Crippen LogP contribution in [-0.2, 0) is 16.7 Å². The van der Waals surface area contributed by atoms with Gasteiger partial charge in [-0.05, 0) is 58.2 Å². The summed E-state index contributed by atoms with van der Waals surface area (Å²) in [7, 11) is 1.41. The number of rotatable bonds is 3. The lowest BCUT2D eigenvalue weighted by molar-refractivity contribution is 0.0599. The minimum Gasteiger partial charge on any atom is -0.465 e. The number of esters is 1. The van der Waals surface area contributed by atoms with E-state index >= 15 is 0 Å². The van der Waals surface area contributed by atoms with Crippen molar-refractivity contribution in [3.8, 4) is 0 Å². The standard InChI is InChI=1S/C19H26N2O2/c1-12-8-13(2)15(14(3)9-12)10-17-16(18(22)23-7)11-21(20-17)19(4,5)6/h8-9,11H,10H2,1-7H3. The van der Waals surface area contributed by atoms with Crippen molar-refractivity contribution in [2.45, 2.75) is 53.5 Å². The van der Waals surface area contributed by atoms with Crippen LogP contribution in [-0.4, -0.2) is 22.9 Å².